The van der Waals surface area contributed by atoms with Crippen molar-refractivity contribution < 1.29 is 4.79 Å². The Kier molecular flexibility index (Phi) is 4.41. The van der Waals surface area contributed by atoms with Gasteiger partial charge in [0.1, 0.15) is 0 Å². The first-order chi connectivity index (χ1) is 8.99. The molecular weight excluding hydrogens is 234 g/mol. The molecule has 1 atom stereocenters. The Balaban J connectivity index is 1.95. The smallest absolute Gasteiger partial charge is 0.176 e. The summed E-state index contributed by atoms with van der Waals surface area (Å²) in [5.74, 6) is 1.55. The zero-order valence-corrected chi connectivity index (χ0v) is 12.5. The summed E-state index contributed by atoms with van der Waals surface area (Å²) in [6, 6.07) is 8.60. The van der Waals surface area contributed by atoms with Crippen LogP contribution in [0.4, 0.5) is 0 Å². The molecule has 19 heavy (non-hydrogen) atoms. The van der Waals surface area contributed by atoms with E-state index in [0.717, 1.165) is 11.5 Å². The second-order valence-corrected chi connectivity index (χ2v) is 6.19. The summed E-state index contributed by atoms with van der Waals surface area (Å²) >= 11 is 0. The number of hydrogen-bond acceptors (Lipinski definition) is 2. The van der Waals surface area contributed by atoms with E-state index in [1.807, 2.05) is 12.1 Å². The zero-order valence-electron chi connectivity index (χ0n) is 12.5. The van der Waals surface area contributed by atoms with Crippen molar-refractivity contribution in [1.82, 2.24) is 4.90 Å². The average Bonchev–Trinajstić information content (AvgIpc) is 3.22. The largest absolute Gasteiger partial charge is 0.296 e. The molecule has 0 radical (unpaired) electrons. The van der Waals surface area contributed by atoms with E-state index in [2.05, 4.69) is 44.9 Å². The molecule has 1 aromatic carbocycles. The Hall–Kier alpha value is -1.15. The van der Waals surface area contributed by atoms with Crippen LogP contribution >= 0.6 is 0 Å². The van der Waals surface area contributed by atoms with Crippen molar-refractivity contribution in [3.63, 3.8) is 0 Å². The predicted molar refractivity (Wildman–Crippen MR) is 79.7 cm³/mol. The molecular formula is C17H25NO. The van der Waals surface area contributed by atoms with Gasteiger partial charge in [-0.15, -0.1) is 0 Å². The normalized spacial score (nSPS) is 16.9. The van der Waals surface area contributed by atoms with Crippen molar-refractivity contribution >= 4 is 5.78 Å². The minimum absolute atomic E-state index is 0.227. The van der Waals surface area contributed by atoms with Gasteiger partial charge in [0.25, 0.3) is 0 Å². The molecule has 0 saturated heterocycles. The van der Waals surface area contributed by atoms with Gasteiger partial charge in [-0.25, -0.2) is 0 Å². The fourth-order valence-electron chi connectivity index (χ4n) is 2.45. The Bertz CT molecular complexity index is 431. The van der Waals surface area contributed by atoms with Crippen molar-refractivity contribution in [2.45, 2.75) is 45.6 Å². The minimum atomic E-state index is 0.227. The van der Waals surface area contributed by atoms with Crippen LogP contribution in [0.3, 0.4) is 0 Å². The first kappa shape index (κ1) is 14.3. The summed E-state index contributed by atoms with van der Waals surface area (Å²) in [6.07, 6.45) is 2.64. The number of nitrogens with zero attached hydrogens (tertiary/aromatic N) is 1. The van der Waals surface area contributed by atoms with Gasteiger partial charge in [-0.3, -0.25) is 9.69 Å². The maximum absolute atomic E-state index is 12.2. The monoisotopic (exact) mass is 259 g/mol. The predicted octanol–water partition coefficient (Wildman–Crippen LogP) is 3.72. The molecule has 2 rings (SSSR count). The van der Waals surface area contributed by atoms with Crippen molar-refractivity contribution in [1.29, 1.82) is 0 Å². The number of benzene rings is 1. The molecule has 2 nitrogen and oxygen atoms in total. The highest BCUT2D eigenvalue weighted by molar-refractivity contribution is 5.97. The van der Waals surface area contributed by atoms with Crippen LogP contribution < -0.4 is 0 Å². The summed E-state index contributed by atoms with van der Waals surface area (Å²) in [4.78, 5) is 14.4. The molecule has 0 amide bonds. The Morgan fingerprint density at radius 3 is 2.26 bits per heavy atom. The molecule has 1 aliphatic carbocycles. The van der Waals surface area contributed by atoms with Gasteiger partial charge in [0.05, 0.1) is 6.54 Å². The summed E-state index contributed by atoms with van der Waals surface area (Å²) in [7, 11) is 2.06. The summed E-state index contributed by atoms with van der Waals surface area (Å²) in [5, 5.41) is 0. The molecule has 0 aliphatic heterocycles. The van der Waals surface area contributed by atoms with Crippen LogP contribution in [0, 0.1) is 5.92 Å². The lowest BCUT2D eigenvalue weighted by Crippen LogP contribution is -2.35. The third-order valence-electron chi connectivity index (χ3n) is 4.29. The fraction of sp³-hybridized carbons (Fsp3) is 0.588. The van der Waals surface area contributed by atoms with Gasteiger partial charge < -0.3 is 0 Å². The molecule has 1 aliphatic rings. The fourth-order valence-corrected chi connectivity index (χ4v) is 2.45. The zero-order chi connectivity index (χ0) is 14.0. The van der Waals surface area contributed by atoms with Crippen LogP contribution in [0.2, 0.25) is 0 Å². The number of rotatable bonds is 6. The number of likely N-dealkylation sites (N-methyl/N-ethyl adjacent to an activating group) is 1. The molecule has 0 aromatic heterocycles. The Labute approximate surface area is 116 Å². The topological polar surface area (TPSA) is 20.3 Å². The lowest BCUT2D eigenvalue weighted by molar-refractivity contribution is 0.0917. The summed E-state index contributed by atoms with van der Waals surface area (Å²) < 4.78 is 0. The van der Waals surface area contributed by atoms with E-state index in [9.17, 15) is 4.79 Å². The van der Waals surface area contributed by atoms with E-state index in [-0.39, 0.29) is 5.78 Å². The van der Waals surface area contributed by atoms with E-state index in [1.165, 1.54) is 18.4 Å². The molecule has 0 N–H and O–H groups in total. The van der Waals surface area contributed by atoms with E-state index < -0.39 is 0 Å². The highest BCUT2D eigenvalue weighted by atomic mass is 16.1. The van der Waals surface area contributed by atoms with Crippen LogP contribution in [0.5, 0.6) is 0 Å². The number of hydrogen-bond donors (Lipinski definition) is 0. The Morgan fingerprint density at radius 1 is 1.21 bits per heavy atom. The number of Topliss-reactive ketones (excluding diaryl/α,β-unsaturated/α-hetero) is 1. The highest BCUT2D eigenvalue weighted by Crippen LogP contribution is 2.34. The third-order valence-corrected chi connectivity index (χ3v) is 4.29. The lowest BCUT2D eigenvalue weighted by atomic mass is 10.0. The van der Waals surface area contributed by atoms with E-state index in [4.69, 9.17) is 0 Å². The molecule has 1 fully saturated rings. The second kappa shape index (κ2) is 5.87. The third kappa shape index (κ3) is 3.66. The summed E-state index contributed by atoms with van der Waals surface area (Å²) in [5.41, 5.74) is 2.12. The van der Waals surface area contributed by atoms with E-state index >= 15 is 0 Å². The summed E-state index contributed by atoms with van der Waals surface area (Å²) in [6.45, 7) is 7.09. The molecule has 0 spiro atoms. The quantitative estimate of drug-likeness (QED) is 0.726. The molecule has 0 bridgehead atoms. The lowest BCUT2D eigenvalue weighted by Gasteiger charge is -2.23. The van der Waals surface area contributed by atoms with E-state index in [0.29, 0.717) is 18.5 Å². The number of carbonyl (C=O) groups excluding carboxylic acids is 1. The maximum Gasteiger partial charge on any atom is 0.176 e. The van der Waals surface area contributed by atoms with Crippen LogP contribution in [0.15, 0.2) is 24.3 Å². The van der Waals surface area contributed by atoms with Gasteiger partial charge in [0.15, 0.2) is 5.78 Å². The maximum atomic E-state index is 12.2. The first-order valence-electron chi connectivity index (χ1n) is 7.32. The van der Waals surface area contributed by atoms with Gasteiger partial charge >= 0.3 is 0 Å². The van der Waals surface area contributed by atoms with Crippen LogP contribution in [-0.4, -0.2) is 30.3 Å². The minimum Gasteiger partial charge on any atom is -0.296 e. The van der Waals surface area contributed by atoms with Crippen molar-refractivity contribution in [3.05, 3.63) is 35.4 Å². The molecule has 2 heteroatoms. The van der Waals surface area contributed by atoms with Gasteiger partial charge in [-0.05, 0) is 44.2 Å². The molecule has 1 aromatic rings. The number of carbonyl (C=O) groups is 1. The van der Waals surface area contributed by atoms with Gasteiger partial charge in [0.2, 0.25) is 0 Å². The van der Waals surface area contributed by atoms with Gasteiger partial charge in [0, 0.05) is 11.6 Å². The van der Waals surface area contributed by atoms with Crippen molar-refractivity contribution in [2.75, 3.05) is 13.6 Å². The molecule has 0 heterocycles. The van der Waals surface area contributed by atoms with Crippen LogP contribution in [-0.2, 0) is 0 Å². The molecule has 104 valence electrons. The Morgan fingerprint density at radius 2 is 1.79 bits per heavy atom. The highest BCUT2D eigenvalue weighted by Gasteiger charge is 2.31. The number of ketones is 1. The molecule has 1 saturated carbocycles. The van der Waals surface area contributed by atoms with Crippen LogP contribution in [0.25, 0.3) is 0 Å². The average molecular weight is 259 g/mol. The van der Waals surface area contributed by atoms with E-state index in [1.54, 1.807) is 0 Å². The standard InChI is InChI=1S/C17H25NO/c1-12(2)14-5-9-16(10-6-14)17(19)11-18(4)13(3)15-7-8-15/h5-6,9-10,12-13,15H,7-8,11H2,1-4H3. The van der Waals surface area contributed by atoms with Crippen LogP contribution in [0.1, 0.15) is 55.5 Å². The van der Waals surface area contributed by atoms with Gasteiger partial charge in [-0.2, -0.15) is 0 Å². The SMILES string of the molecule is CC(C)c1ccc(C(=O)CN(C)C(C)C2CC2)cc1. The molecule has 1 unspecified atom stereocenters. The van der Waals surface area contributed by atoms with Crippen molar-refractivity contribution in [3.8, 4) is 0 Å². The first-order valence-corrected chi connectivity index (χ1v) is 7.32. The van der Waals surface area contributed by atoms with Crippen molar-refractivity contribution in [2.24, 2.45) is 5.92 Å². The van der Waals surface area contributed by atoms with Gasteiger partial charge in [-0.1, -0.05) is 38.1 Å². The second-order valence-electron chi connectivity index (χ2n) is 6.19.